The lowest BCUT2D eigenvalue weighted by Gasteiger charge is -2.29. The lowest BCUT2D eigenvalue weighted by molar-refractivity contribution is 0.483. The van der Waals surface area contributed by atoms with E-state index in [2.05, 4.69) is 266 Å². The molecule has 3 aromatic heterocycles. The molecule has 0 radical (unpaired) electrons. The Balaban J connectivity index is 1.05. The van der Waals surface area contributed by atoms with Crippen LogP contribution in [0.25, 0.3) is 61.0 Å². The van der Waals surface area contributed by atoms with Crippen molar-refractivity contribution in [1.82, 2.24) is 14.5 Å². The molecule has 1 aliphatic heterocycles. The van der Waals surface area contributed by atoms with E-state index in [0.717, 1.165) is 73.3 Å². The van der Waals surface area contributed by atoms with Gasteiger partial charge in [-0.05, 0) is 111 Å². The summed E-state index contributed by atoms with van der Waals surface area (Å²) in [5.41, 5.74) is 19.4. The monoisotopic (exact) mass is 968 g/mol. The molecule has 0 atom stereocenters. The molecule has 10 aromatic rings. The predicted octanol–water partition coefficient (Wildman–Crippen LogP) is 18.1. The largest absolute Gasteiger partial charge is 0.457 e. The zero-order valence-electron chi connectivity index (χ0n) is 44.7. The van der Waals surface area contributed by atoms with E-state index < -0.39 is 0 Å². The standard InChI is InChI=1S/C68H65N5O/c1-65(2,3)46-33-34-69-62(39-46)73-56-26-18-16-23-51(56)52-30-29-48(41-59(52)73)74-49-36-44(45-37-60(66(4,5)6)70-61(38-45)67(7,8)9)35-47(40-49)71-42-72(58-28-20-19-27-57(58)71)64-50(43-21-13-12-14-22-43)31-32-55-63(64)53-24-15-17-25-54(53)68(55,10)11/h12-41H,42H2,1-11H3. The first-order valence-electron chi connectivity index (χ1n) is 26.2. The number of aromatic nitrogens is 3. The number of fused-ring (bicyclic) bond motifs is 7. The Morgan fingerprint density at radius 3 is 1.86 bits per heavy atom. The van der Waals surface area contributed by atoms with Gasteiger partial charge in [0.1, 0.15) is 24.0 Å². The summed E-state index contributed by atoms with van der Waals surface area (Å²) in [6.45, 7) is 25.6. The fourth-order valence-corrected chi connectivity index (χ4v) is 11.4. The molecule has 4 heterocycles. The third-order valence-corrected chi connectivity index (χ3v) is 15.4. The zero-order chi connectivity index (χ0) is 51.5. The van der Waals surface area contributed by atoms with Crippen LogP contribution in [0.15, 0.2) is 182 Å². The lowest BCUT2D eigenvalue weighted by atomic mass is 9.82. The van der Waals surface area contributed by atoms with Gasteiger partial charge in [-0.25, -0.2) is 4.98 Å². The first kappa shape index (κ1) is 47.1. The molecule has 0 saturated heterocycles. The first-order chi connectivity index (χ1) is 35.3. The van der Waals surface area contributed by atoms with E-state index in [1.54, 1.807) is 0 Å². The van der Waals surface area contributed by atoms with E-state index in [-0.39, 0.29) is 21.7 Å². The average Bonchev–Trinajstić information content (AvgIpc) is 4.01. The SMILES string of the molecule is CC(C)(C)c1ccnc(-n2c3ccccc3c3ccc(Oc4cc(-c5cc(C(C)(C)C)nc(C(C)(C)C)c5)cc(N5CN(c6c(-c7ccccc7)ccc7c6-c6ccccc6C7(C)C)c6ccccc65)c4)cc32)c1. The molecular formula is C68H65N5O. The summed E-state index contributed by atoms with van der Waals surface area (Å²) in [5, 5.41) is 2.32. The summed E-state index contributed by atoms with van der Waals surface area (Å²) in [7, 11) is 0. The quantitative estimate of drug-likeness (QED) is 0.159. The van der Waals surface area contributed by atoms with Gasteiger partial charge in [0, 0.05) is 73.5 Å². The van der Waals surface area contributed by atoms with Crippen LogP contribution in [0.4, 0.5) is 22.7 Å². The Bertz CT molecular complexity index is 3810. The summed E-state index contributed by atoms with van der Waals surface area (Å²) < 4.78 is 9.50. The Kier molecular flexibility index (Phi) is 10.9. The number of pyridine rings is 2. The van der Waals surface area contributed by atoms with Gasteiger partial charge in [-0.15, -0.1) is 0 Å². The van der Waals surface area contributed by atoms with Crippen molar-refractivity contribution in [1.29, 1.82) is 0 Å². The zero-order valence-corrected chi connectivity index (χ0v) is 44.7. The highest BCUT2D eigenvalue weighted by Gasteiger charge is 2.41. The van der Waals surface area contributed by atoms with Crippen LogP contribution in [0.5, 0.6) is 11.5 Å². The first-order valence-corrected chi connectivity index (χ1v) is 26.2. The Morgan fingerprint density at radius 1 is 0.486 bits per heavy atom. The van der Waals surface area contributed by atoms with Crippen molar-refractivity contribution in [2.75, 3.05) is 16.5 Å². The van der Waals surface area contributed by atoms with E-state index in [0.29, 0.717) is 6.67 Å². The van der Waals surface area contributed by atoms with Gasteiger partial charge in [-0.1, -0.05) is 173 Å². The molecule has 0 bridgehead atoms. The molecule has 7 aromatic carbocycles. The maximum atomic E-state index is 7.22. The highest BCUT2D eigenvalue weighted by molar-refractivity contribution is 6.09. The second-order valence-electron chi connectivity index (χ2n) is 24.0. The Labute approximate surface area is 437 Å². The molecule has 0 N–H and O–H groups in total. The molecule has 1 aliphatic carbocycles. The Hall–Kier alpha value is -7.96. The summed E-state index contributed by atoms with van der Waals surface area (Å²) in [6, 6.07) is 64.3. The van der Waals surface area contributed by atoms with Crippen molar-refractivity contribution in [3.8, 4) is 50.7 Å². The van der Waals surface area contributed by atoms with Gasteiger partial charge in [0.15, 0.2) is 0 Å². The molecule has 0 saturated carbocycles. The lowest BCUT2D eigenvalue weighted by Crippen LogP contribution is -2.25. The minimum absolute atomic E-state index is 0.0376. The normalized spacial score (nSPS) is 14.1. The molecule has 0 amide bonds. The van der Waals surface area contributed by atoms with Gasteiger partial charge >= 0.3 is 0 Å². The molecule has 6 nitrogen and oxygen atoms in total. The van der Waals surface area contributed by atoms with Crippen LogP contribution in [-0.4, -0.2) is 21.2 Å². The number of anilines is 4. The molecule has 2 aliphatic rings. The number of benzene rings is 7. The minimum atomic E-state index is -0.171. The van der Waals surface area contributed by atoms with Crippen LogP contribution >= 0.6 is 0 Å². The molecule has 74 heavy (non-hydrogen) atoms. The average molecular weight is 968 g/mol. The molecule has 6 heteroatoms. The molecule has 12 rings (SSSR count). The maximum absolute atomic E-state index is 7.22. The number of ether oxygens (including phenoxy) is 1. The second kappa shape index (κ2) is 17.1. The highest BCUT2D eigenvalue weighted by Crippen LogP contribution is 2.58. The van der Waals surface area contributed by atoms with Gasteiger partial charge in [0.25, 0.3) is 0 Å². The third-order valence-electron chi connectivity index (χ3n) is 15.4. The van der Waals surface area contributed by atoms with Crippen LogP contribution in [0, 0.1) is 0 Å². The molecule has 0 unspecified atom stereocenters. The van der Waals surface area contributed by atoms with Crippen molar-refractivity contribution < 1.29 is 4.74 Å². The minimum Gasteiger partial charge on any atom is -0.457 e. The van der Waals surface area contributed by atoms with Crippen LogP contribution < -0.4 is 14.5 Å². The van der Waals surface area contributed by atoms with E-state index in [4.69, 9.17) is 14.7 Å². The van der Waals surface area contributed by atoms with Crippen LogP contribution in [0.3, 0.4) is 0 Å². The Morgan fingerprint density at radius 2 is 1.14 bits per heavy atom. The van der Waals surface area contributed by atoms with Gasteiger partial charge in [0.2, 0.25) is 0 Å². The predicted molar refractivity (Wildman–Crippen MR) is 309 cm³/mol. The van der Waals surface area contributed by atoms with Gasteiger partial charge in [-0.3, -0.25) is 9.55 Å². The van der Waals surface area contributed by atoms with E-state index in [1.165, 1.54) is 50.0 Å². The smallest absolute Gasteiger partial charge is 0.137 e. The molecular weight excluding hydrogens is 903 g/mol. The number of para-hydroxylation sites is 3. The van der Waals surface area contributed by atoms with Crippen molar-refractivity contribution in [2.24, 2.45) is 0 Å². The highest BCUT2D eigenvalue weighted by atomic mass is 16.5. The summed E-state index contributed by atoms with van der Waals surface area (Å²) >= 11 is 0. The van der Waals surface area contributed by atoms with E-state index in [1.807, 2.05) is 6.20 Å². The molecule has 0 fully saturated rings. The van der Waals surface area contributed by atoms with Crippen molar-refractivity contribution in [3.63, 3.8) is 0 Å². The number of rotatable bonds is 7. The topological polar surface area (TPSA) is 46.4 Å². The van der Waals surface area contributed by atoms with E-state index >= 15 is 0 Å². The van der Waals surface area contributed by atoms with Crippen molar-refractivity contribution >= 4 is 44.6 Å². The second-order valence-corrected chi connectivity index (χ2v) is 24.0. The van der Waals surface area contributed by atoms with Crippen molar-refractivity contribution in [3.05, 3.63) is 210 Å². The summed E-state index contributed by atoms with van der Waals surface area (Å²) in [6.07, 6.45) is 1.93. The van der Waals surface area contributed by atoms with Crippen LogP contribution in [0.1, 0.15) is 104 Å². The summed E-state index contributed by atoms with van der Waals surface area (Å²) in [4.78, 5) is 15.3. The van der Waals surface area contributed by atoms with E-state index in [9.17, 15) is 0 Å². The van der Waals surface area contributed by atoms with Gasteiger partial charge in [0.05, 0.1) is 28.1 Å². The summed E-state index contributed by atoms with van der Waals surface area (Å²) in [5.74, 6) is 2.38. The molecule has 368 valence electrons. The fraction of sp³-hybridized carbons (Fsp3) is 0.235. The number of hydrogen-bond donors (Lipinski definition) is 0. The van der Waals surface area contributed by atoms with Crippen molar-refractivity contribution in [2.45, 2.75) is 97.8 Å². The number of nitrogens with zero attached hydrogens (tertiary/aromatic N) is 5. The fourth-order valence-electron chi connectivity index (χ4n) is 11.4. The number of hydrogen-bond acceptors (Lipinski definition) is 5. The maximum Gasteiger partial charge on any atom is 0.137 e. The van der Waals surface area contributed by atoms with Gasteiger partial charge < -0.3 is 14.5 Å². The van der Waals surface area contributed by atoms with Crippen LogP contribution in [-0.2, 0) is 21.7 Å². The van der Waals surface area contributed by atoms with Crippen LogP contribution in [0.2, 0.25) is 0 Å². The molecule has 0 spiro atoms. The van der Waals surface area contributed by atoms with Gasteiger partial charge in [-0.2, -0.15) is 0 Å². The third kappa shape index (κ3) is 7.94.